The van der Waals surface area contributed by atoms with Crippen molar-refractivity contribution in [3.8, 4) is 11.5 Å². The summed E-state index contributed by atoms with van der Waals surface area (Å²) in [6.45, 7) is 1.98. The van der Waals surface area contributed by atoms with Crippen molar-refractivity contribution in [2.24, 2.45) is 5.10 Å². The molecule has 1 amide bonds. The van der Waals surface area contributed by atoms with Gasteiger partial charge >= 0.3 is 0 Å². The monoisotopic (exact) mass is 270 g/mol. The van der Waals surface area contributed by atoms with E-state index in [0.29, 0.717) is 0 Å². The number of aryl methyl sites for hydroxylation is 1. The highest BCUT2D eigenvalue weighted by Crippen LogP contribution is 2.22. The van der Waals surface area contributed by atoms with E-state index in [9.17, 15) is 9.90 Å². The van der Waals surface area contributed by atoms with Gasteiger partial charge in [0, 0.05) is 6.07 Å². The summed E-state index contributed by atoms with van der Waals surface area (Å²) in [6.07, 6.45) is 1.51. The van der Waals surface area contributed by atoms with Gasteiger partial charge in [-0.1, -0.05) is 29.8 Å². The smallest absolute Gasteiger partial charge is 0.275 e. The summed E-state index contributed by atoms with van der Waals surface area (Å²) in [5.74, 6) is -0.957. The van der Waals surface area contributed by atoms with Crippen LogP contribution in [-0.4, -0.2) is 22.3 Å². The molecule has 20 heavy (non-hydrogen) atoms. The van der Waals surface area contributed by atoms with Crippen molar-refractivity contribution < 1.29 is 15.0 Å². The second kappa shape index (κ2) is 5.88. The molecule has 0 saturated carbocycles. The number of hydrogen-bond acceptors (Lipinski definition) is 4. The van der Waals surface area contributed by atoms with Gasteiger partial charge < -0.3 is 10.2 Å². The number of benzene rings is 2. The fourth-order valence-corrected chi connectivity index (χ4v) is 1.59. The highest BCUT2D eigenvalue weighted by Gasteiger charge is 2.10. The SMILES string of the molecule is Cc1ccc(C=NNC(=O)c2ccc(O)cc2O)cc1. The van der Waals surface area contributed by atoms with Gasteiger partial charge in [-0.15, -0.1) is 0 Å². The summed E-state index contributed by atoms with van der Waals surface area (Å²) in [5, 5.41) is 22.5. The molecule has 0 aliphatic carbocycles. The lowest BCUT2D eigenvalue weighted by Gasteiger charge is -2.03. The number of amides is 1. The third kappa shape index (κ3) is 3.35. The number of carbonyl (C=O) groups is 1. The minimum atomic E-state index is -0.550. The fourth-order valence-electron chi connectivity index (χ4n) is 1.59. The van der Waals surface area contributed by atoms with E-state index in [-0.39, 0.29) is 17.1 Å². The van der Waals surface area contributed by atoms with Crippen molar-refractivity contribution >= 4 is 12.1 Å². The second-order valence-electron chi connectivity index (χ2n) is 4.31. The zero-order valence-electron chi connectivity index (χ0n) is 10.9. The highest BCUT2D eigenvalue weighted by atomic mass is 16.3. The Hall–Kier alpha value is -2.82. The molecule has 0 saturated heterocycles. The van der Waals surface area contributed by atoms with Crippen LogP contribution in [0.15, 0.2) is 47.6 Å². The molecule has 0 aromatic heterocycles. The lowest BCUT2D eigenvalue weighted by atomic mass is 10.2. The molecule has 102 valence electrons. The number of nitrogens with one attached hydrogen (secondary N) is 1. The molecule has 0 fully saturated rings. The molecule has 2 aromatic carbocycles. The van der Waals surface area contributed by atoms with Gasteiger partial charge in [0.15, 0.2) is 0 Å². The van der Waals surface area contributed by atoms with Crippen molar-refractivity contribution in [2.75, 3.05) is 0 Å². The summed E-state index contributed by atoms with van der Waals surface area (Å²) in [5.41, 5.74) is 4.35. The van der Waals surface area contributed by atoms with Crippen LogP contribution >= 0.6 is 0 Å². The van der Waals surface area contributed by atoms with Crippen LogP contribution in [-0.2, 0) is 0 Å². The van der Waals surface area contributed by atoms with E-state index in [1.807, 2.05) is 31.2 Å². The van der Waals surface area contributed by atoms with E-state index in [0.717, 1.165) is 17.2 Å². The number of aromatic hydroxyl groups is 2. The van der Waals surface area contributed by atoms with E-state index in [1.54, 1.807) is 0 Å². The van der Waals surface area contributed by atoms with E-state index in [4.69, 9.17) is 5.11 Å². The van der Waals surface area contributed by atoms with Crippen molar-refractivity contribution in [3.63, 3.8) is 0 Å². The maximum atomic E-state index is 11.8. The van der Waals surface area contributed by atoms with Gasteiger partial charge in [-0.05, 0) is 24.6 Å². The first-order chi connectivity index (χ1) is 9.56. The van der Waals surface area contributed by atoms with Crippen LogP contribution in [0.1, 0.15) is 21.5 Å². The van der Waals surface area contributed by atoms with Gasteiger partial charge in [-0.3, -0.25) is 4.79 Å². The number of phenolic OH excluding ortho intramolecular Hbond substituents is 2. The molecule has 0 atom stereocenters. The number of carbonyl (C=O) groups excluding carboxylic acids is 1. The maximum absolute atomic E-state index is 11.8. The van der Waals surface area contributed by atoms with Crippen molar-refractivity contribution in [1.82, 2.24) is 5.43 Å². The van der Waals surface area contributed by atoms with E-state index >= 15 is 0 Å². The molecule has 5 heteroatoms. The quantitative estimate of drug-likeness (QED) is 0.590. The average Bonchev–Trinajstić information content (AvgIpc) is 2.41. The topological polar surface area (TPSA) is 81.9 Å². The number of nitrogens with zero attached hydrogens (tertiary/aromatic N) is 1. The third-order valence-corrected chi connectivity index (χ3v) is 2.68. The van der Waals surface area contributed by atoms with E-state index < -0.39 is 5.91 Å². The van der Waals surface area contributed by atoms with Gasteiger partial charge in [0.1, 0.15) is 11.5 Å². The van der Waals surface area contributed by atoms with Gasteiger partial charge in [-0.25, -0.2) is 5.43 Å². The molecular weight excluding hydrogens is 256 g/mol. The zero-order chi connectivity index (χ0) is 14.5. The molecule has 0 radical (unpaired) electrons. The van der Waals surface area contributed by atoms with Crippen molar-refractivity contribution in [1.29, 1.82) is 0 Å². The number of rotatable bonds is 3. The van der Waals surface area contributed by atoms with Crippen LogP contribution in [0.4, 0.5) is 0 Å². The van der Waals surface area contributed by atoms with Gasteiger partial charge in [0.25, 0.3) is 5.91 Å². The standard InChI is InChI=1S/C15H14N2O3/c1-10-2-4-11(5-3-10)9-16-17-15(20)13-7-6-12(18)8-14(13)19/h2-9,18-19H,1H3,(H,17,20). The maximum Gasteiger partial charge on any atom is 0.275 e. The van der Waals surface area contributed by atoms with Crippen molar-refractivity contribution in [2.45, 2.75) is 6.92 Å². The molecule has 0 heterocycles. The van der Waals surface area contributed by atoms with Crippen LogP contribution in [0.2, 0.25) is 0 Å². The van der Waals surface area contributed by atoms with Crippen LogP contribution < -0.4 is 5.43 Å². The first-order valence-corrected chi connectivity index (χ1v) is 5.98. The van der Waals surface area contributed by atoms with Gasteiger partial charge in [0.2, 0.25) is 0 Å². The lowest BCUT2D eigenvalue weighted by molar-refractivity contribution is 0.0952. The molecule has 0 aliphatic rings. The molecule has 0 unspecified atom stereocenters. The Kier molecular flexibility index (Phi) is 4.00. The van der Waals surface area contributed by atoms with Crippen LogP contribution in [0.5, 0.6) is 11.5 Å². The van der Waals surface area contributed by atoms with Gasteiger partial charge in [0.05, 0.1) is 11.8 Å². The van der Waals surface area contributed by atoms with E-state index in [2.05, 4.69) is 10.5 Å². The summed E-state index contributed by atoms with van der Waals surface area (Å²) in [7, 11) is 0. The Balaban J connectivity index is 2.03. The predicted octanol–water partition coefficient (Wildman–Crippen LogP) is 2.17. The van der Waals surface area contributed by atoms with Crippen LogP contribution in [0.25, 0.3) is 0 Å². The Labute approximate surface area is 116 Å². The Morgan fingerprint density at radius 3 is 2.50 bits per heavy atom. The Morgan fingerprint density at radius 1 is 1.15 bits per heavy atom. The minimum absolute atomic E-state index is 0.0452. The first-order valence-electron chi connectivity index (χ1n) is 5.98. The summed E-state index contributed by atoms with van der Waals surface area (Å²) in [4.78, 5) is 11.8. The van der Waals surface area contributed by atoms with Crippen molar-refractivity contribution in [3.05, 3.63) is 59.2 Å². The normalized spacial score (nSPS) is 10.7. The molecule has 5 nitrogen and oxygen atoms in total. The molecule has 0 aliphatic heterocycles. The number of phenols is 2. The molecular formula is C15H14N2O3. The fraction of sp³-hybridized carbons (Fsp3) is 0.0667. The summed E-state index contributed by atoms with van der Waals surface area (Å²) in [6, 6.07) is 11.4. The predicted molar refractivity (Wildman–Crippen MR) is 76.0 cm³/mol. The largest absolute Gasteiger partial charge is 0.508 e. The molecule has 2 rings (SSSR count). The summed E-state index contributed by atoms with van der Waals surface area (Å²) >= 11 is 0. The zero-order valence-corrected chi connectivity index (χ0v) is 10.9. The average molecular weight is 270 g/mol. The number of hydrogen-bond donors (Lipinski definition) is 3. The van der Waals surface area contributed by atoms with Crippen LogP contribution in [0.3, 0.4) is 0 Å². The molecule has 3 N–H and O–H groups in total. The molecule has 0 bridgehead atoms. The Bertz CT molecular complexity index is 649. The van der Waals surface area contributed by atoms with Gasteiger partial charge in [-0.2, -0.15) is 5.10 Å². The minimum Gasteiger partial charge on any atom is -0.508 e. The lowest BCUT2D eigenvalue weighted by Crippen LogP contribution is -2.17. The third-order valence-electron chi connectivity index (χ3n) is 2.68. The second-order valence-corrected chi connectivity index (χ2v) is 4.31. The first kappa shape index (κ1) is 13.6. The van der Waals surface area contributed by atoms with E-state index in [1.165, 1.54) is 18.3 Å². The number of hydrazone groups is 1. The molecule has 2 aromatic rings. The Morgan fingerprint density at radius 2 is 1.85 bits per heavy atom. The van der Waals surface area contributed by atoms with Crippen LogP contribution in [0, 0.1) is 6.92 Å². The summed E-state index contributed by atoms with van der Waals surface area (Å²) < 4.78 is 0. The molecule has 0 spiro atoms. The highest BCUT2D eigenvalue weighted by molar-refractivity contribution is 5.97.